The molecule has 0 spiro atoms. The number of carboxylic acids is 1. The SMILES string of the molecule is O=NC(=S)NNc1c(O)n(CN2CCN(c3cc4c(cc3F)c(=O)c(C(=O)O)cn4C3CC3)CC2)c2ccc(F)cc12. The van der Waals surface area contributed by atoms with Crippen LogP contribution in [0.4, 0.5) is 20.2 Å². The van der Waals surface area contributed by atoms with E-state index in [9.17, 15) is 29.1 Å². The third-order valence-electron chi connectivity index (χ3n) is 7.70. The first-order valence-electron chi connectivity index (χ1n) is 13.1. The molecule has 42 heavy (non-hydrogen) atoms. The standard InChI is InChI=1S/C27H25F2N7O5S/c28-14-1-4-20-16(9-14)23(30-31-27(42)32-41)25(38)36(20)13-33-5-7-34(8-6-33)22-11-21-17(10-19(22)29)24(37)18(26(39)40)12-35(21)15-2-3-15/h1,4,9-12,15,30,38H,2-3,5-8,13H2,(H,31,42)(H,39,40). The molecule has 218 valence electrons. The minimum Gasteiger partial charge on any atom is -0.493 e. The van der Waals surface area contributed by atoms with Crippen molar-refractivity contribution in [3.05, 3.63) is 68.9 Å². The van der Waals surface area contributed by atoms with Crippen LogP contribution in [0.1, 0.15) is 29.2 Å². The van der Waals surface area contributed by atoms with Crippen LogP contribution in [0.2, 0.25) is 0 Å². The van der Waals surface area contributed by atoms with Gasteiger partial charge in [0.1, 0.15) is 22.9 Å². The maximum absolute atomic E-state index is 15.4. The number of aromatic carboxylic acids is 1. The zero-order valence-electron chi connectivity index (χ0n) is 22.0. The van der Waals surface area contributed by atoms with Gasteiger partial charge in [-0.3, -0.25) is 25.1 Å². The highest BCUT2D eigenvalue weighted by Gasteiger charge is 2.29. The molecule has 2 aromatic heterocycles. The summed E-state index contributed by atoms with van der Waals surface area (Å²) in [5.74, 6) is -2.68. The number of fused-ring (bicyclic) bond motifs is 2. The van der Waals surface area contributed by atoms with E-state index in [1.807, 2.05) is 9.80 Å². The van der Waals surface area contributed by atoms with Crippen molar-refractivity contribution in [2.45, 2.75) is 25.6 Å². The molecule has 0 atom stereocenters. The number of nitrogens with one attached hydrogen (secondary N) is 2. The van der Waals surface area contributed by atoms with Gasteiger partial charge >= 0.3 is 5.97 Å². The Bertz CT molecular complexity index is 1830. The first kappa shape index (κ1) is 27.5. The van der Waals surface area contributed by atoms with Crippen molar-refractivity contribution in [1.29, 1.82) is 0 Å². The normalized spacial score (nSPS) is 15.7. The number of nitroso groups, excluding NO2 is 1. The van der Waals surface area contributed by atoms with Crippen molar-refractivity contribution in [2.75, 3.05) is 36.5 Å². The highest BCUT2D eigenvalue weighted by atomic mass is 32.1. The third kappa shape index (κ3) is 4.90. The van der Waals surface area contributed by atoms with E-state index in [2.05, 4.69) is 16.0 Å². The fourth-order valence-electron chi connectivity index (χ4n) is 5.46. The number of carboxylic acid groups (broad SMARTS) is 1. The number of benzene rings is 2. The van der Waals surface area contributed by atoms with Crippen LogP contribution in [0.15, 0.2) is 46.5 Å². The molecule has 2 aliphatic rings. The molecule has 1 aliphatic carbocycles. The van der Waals surface area contributed by atoms with Gasteiger partial charge in [-0.15, -0.1) is 4.91 Å². The number of nitrogens with zero attached hydrogens (tertiary/aromatic N) is 5. The molecule has 0 radical (unpaired) electrons. The van der Waals surface area contributed by atoms with Gasteiger partial charge in [0.25, 0.3) is 5.11 Å². The van der Waals surface area contributed by atoms with E-state index in [0.29, 0.717) is 48.3 Å². The van der Waals surface area contributed by atoms with E-state index in [4.69, 9.17) is 12.2 Å². The van der Waals surface area contributed by atoms with Gasteiger partial charge in [-0.1, -0.05) is 0 Å². The summed E-state index contributed by atoms with van der Waals surface area (Å²) in [7, 11) is 0. The third-order valence-corrected chi connectivity index (χ3v) is 7.88. The smallest absolute Gasteiger partial charge is 0.341 e. The van der Waals surface area contributed by atoms with E-state index < -0.39 is 23.0 Å². The van der Waals surface area contributed by atoms with Crippen molar-refractivity contribution in [1.82, 2.24) is 19.5 Å². The summed E-state index contributed by atoms with van der Waals surface area (Å²) < 4.78 is 32.7. The number of piperazine rings is 1. The van der Waals surface area contributed by atoms with Gasteiger partial charge in [0.2, 0.25) is 11.3 Å². The number of pyridine rings is 1. The second-order valence-corrected chi connectivity index (χ2v) is 10.7. The molecule has 2 fully saturated rings. The van der Waals surface area contributed by atoms with Crippen LogP contribution in [0.3, 0.4) is 0 Å². The van der Waals surface area contributed by atoms with Gasteiger partial charge in [-0.05, 0) is 55.4 Å². The number of hydrogen-bond donors (Lipinski definition) is 4. The van der Waals surface area contributed by atoms with Crippen molar-refractivity contribution < 1.29 is 23.8 Å². The highest BCUT2D eigenvalue weighted by Crippen LogP contribution is 2.39. The summed E-state index contributed by atoms with van der Waals surface area (Å²) in [4.78, 5) is 38.9. The molecule has 1 saturated heterocycles. The molecule has 3 heterocycles. The second-order valence-electron chi connectivity index (χ2n) is 10.3. The van der Waals surface area contributed by atoms with Gasteiger partial charge in [-0.2, -0.15) is 0 Å². The predicted molar refractivity (Wildman–Crippen MR) is 156 cm³/mol. The highest BCUT2D eigenvalue weighted by molar-refractivity contribution is 7.80. The largest absolute Gasteiger partial charge is 0.493 e. The van der Waals surface area contributed by atoms with Crippen molar-refractivity contribution in [2.24, 2.45) is 5.18 Å². The zero-order valence-corrected chi connectivity index (χ0v) is 22.8. The van der Waals surface area contributed by atoms with Crippen LogP contribution in [0.25, 0.3) is 21.8 Å². The van der Waals surface area contributed by atoms with Crippen LogP contribution in [0.5, 0.6) is 5.88 Å². The molecule has 0 bridgehead atoms. The van der Waals surface area contributed by atoms with Gasteiger partial charge in [0.05, 0.1) is 23.4 Å². The summed E-state index contributed by atoms with van der Waals surface area (Å²) in [6.45, 7) is 2.09. The lowest BCUT2D eigenvalue weighted by atomic mass is 10.1. The van der Waals surface area contributed by atoms with Gasteiger partial charge in [0, 0.05) is 54.4 Å². The van der Waals surface area contributed by atoms with E-state index in [1.54, 1.807) is 15.2 Å². The molecular weight excluding hydrogens is 572 g/mol. The molecule has 4 N–H and O–H groups in total. The lowest BCUT2D eigenvalue weighted by Crippen LogP contribution is -2.47. The Hall–Kier alpha value is -4.63. The zero-order chi connectivity index (χ0) is 29.7. The molecule has 1 aliphatic heterocycles. The Labute approximate surface area is 241 Å². The maximum Gasteiger partial charge on any atom is 0.341 e. The molecule has 0 amide bonds. The number of hydrazine groups is 1. The summed E-state index contributed by atoms with van der Waals surface area (Å²) in [6.07, 6.45) is 3.06. The van der Waals surface area contributed by atoms with Crippen molar-refractivity contribution >= 4 is 56.5 Å². The minimum absolute atomic E-state index is 0.0386. The van der Waals surface area contributed by atoms with Crippen LogP contribution in [0, 0.1) is 16.5 Å². The van der Waals surface area contributed by atoms with Crippen LogP contribution < -0.4 is 21.2 Å². The molecule has 6 rings (SSSR count). The first-order chi connectivity index (χ1) is 20.2. The topological polar surface area (TPSA) is 144 Å². The minimum atomic E-state index is -1.34. The van der Waals surface area contributed by atoms with E-state index >= 15 is 4.39 Å². The Kier molecular flexibility index (Phi) is 6.98. The number of halogens is 2. The van der Waals surface area contributed by atoms with Crippen molar-refractivity contribution in [3.63, 3.8) is 0 Å². The second kappa shape index (κ2) is 10.6. The maximum atomic E-state index is 15.4. The molecule has 2 aromatic carbocycles. The van der Waals surface area contributed by atoms with Gasteiger partial charge in [0.15, 0.2) is 0 Å². The molecule has 15 heteroatoms. The lowest BCUT2D eigenvalue weighted by Gasteiger charge is -2.36. The predicted octanol–water partition coefficient (Wildman–Crippen LogP) is 3.72. The Morgan fingerprint density at radius 1 is 1.07 bits per heavy atom. The van der Waals surface area contributed by atoms with Gasteiger partial charge < -0.3 is 19.7 Å². The van der Waals surface area contributed by atoms with Crippen LogP contribution in [-0.4, -0.2) is 61.5 Å². The number of hydrogen-bond acceptors (Lipinski definition) is 8. The summed E-state index contributed by atoms with van der Waals surface area (Å²) in [5.41, 5.74) is 5.40. The van der Waals surface area contributed by atoms with E-state index in [1.165, 1.54) is 24.4 Å². The number of carbonyl (C=O) groups is 1. The number of thiocarbonyl (C=S) groups is 1. The average Bonchev–Trinajstić information content (AvgIpc) is 3.78. The van der Waals surface area contributed by atoms with Crippen molar-refractivity contribution in [3.8, 4) is 5.88 Å². The number of anilines is 2. The Balaban J connectivity index is 1.24. The Morgan fingerprint density at radius 3 is 2.48 bits per heavy atom. The molecular formula is C27H25F2N7O5S. The molecule has 0 unspecified atom stereocenters. The average molecular weight is 598 g/mol. The number of rotatable bonds is 7. The molecule has 12 nitrogen and oxygen atoms in total. The fourth-order valence-corrected chi connectivity index (χ4v) is 5.51. The number of aromatic nitrogens is 2. The van der Waals surface area contributed by atoms with Crippen LogP contribution in [-0.2, 0) is 6.67 Å². The fraction of sp³-hybridized carbons (Fsp3) is 0.296. The summed E-state index contributed by atoms with van der Waals surface area (Å²) >= 11 is 4.72. The van der Waals surface area contributed by atoms with E-state index in [0.717, 1.165) is 18.9 Å². The van der Waals surface area contributed by atoms with Crippen LogP contribution >= 0.6 is 12.2 Å². The monoisotopic (exact) mass is 597 g/mol. The molecule has 4 aromatic rings. The first-order valence-corrected chi connectivity index (χ1v) is 13.6. The molecule has 1 saturated carbocycles. The van der Waals surface area contributed by atoms with E-state index in [-0.39, 0.29) is 40.3 Å². The lowest BCUT2D eigenvalue weighted by molar-refractivity contribution is 0.0694. The quantitative estimate of drug-likeness (QED) is 0.141. The van der Waals surface area contributed by atoms with Gasteiger partial charge in [-0.25, -0.2) is 13.6 Å². The summed E-state index contributed by atoms with van der Waals surface area (Å²) in [5, 5.41) is 23.0. The summed E-state index contributed by atoms with van der Waals surface area (Å²) in [6, 6.07) is 6.86. The Morgan fingerprint density at radius 2 is 1.81 bits per heavy atom. The number of aromatic hydroxyl groups is 1.